The Morgan fingerprint density at radius 1 is 1.32 bits per heavy atom. The van der Waals surface area contributed by atoms with E-state index in [1.54, 1.807) is 24.3 Å². The minimum absolute atomic E-state index is 0.0519. The molecule has 0 unspecified atom stereocenters. The van der Waals surface area contributed by atoms with Crippen LogP contribution in [0.1, 0.15) is 23.2 Å². The highest BCUT2D eigenvalue weighted by atomic mass is 16.5. The van der Waals surface area contributed by atoms with Crippen molar-refractivity contribution in [2.75, 3.05) is 32.1 Å². The van der Waals surface area contributed by atoms with Gasteiger partial charge in [0.25, 0.3) is 0 Å². The third kappa shape index (κ3) is 3.79. The molecule has 19 heavy (non-hydrogen) atoms. The van der Waals surface area contributed by atoms with Crippen LogP contribution in [0.15, 0.2) is 24.3 Å². The van der Waals surface area contributed by atoms with E-state index in [-0.39, 0.29) is 5.91 Å². The first-order valence-electron chi connectivity index (χ1n) is 6.39. The van der Waals surface area contributed by atoms with Crippen molar-refractivity contribution in [1.82, 2.24) is 4.90 Å². The van der Waals surface area contributed by atoms with E-state index in [1.807, 2.05) is 0 Å². The Morgan fingerprint density at radius 2 is 2.05 bits per heavy atom. The minimum atomic E-state index is -0.407. The smallest absolute Gasteiger partial charge is 0.337 e. The van der Waals surface area contributed by atoms with Crippen LogP contribution in [0.5, 0.6) is 0 Å². The van der Waals surface area contributed by atoms with Crippen LogP contribution in [-0.4, -0.2) is 43.5 Å². The molecule has 0 aromatic heterocycles. The van der Waals surface area contributed by atoms with Gasteiger partial charge in [-0.2, -0.15) is 0 Å². The molecule has 2 rings (SSSR count). The number of esters is 1. The number of nitrogens with zero attached hydrogens (tertiary/aromatic N) is 1. The van der Waals surface area contributed by atoms with E-state index in [2.05, 4.69) is 15.0 Å². The molecule has 1 heterocycles. The highest BCUT2D eigenvalue weighted by molar-refractivity contribution is 5.95. The van der Waals surface area contributed by atoms with E-state index in [1.165, 1.54) is 7.11 Å². The summed E-state index contributed by atoms with van der Waals surface area (Å²) in [6.45, 7) is 2.37. The molecule has 0 bridgehead atoms. The number of hydrogen-bond donors (Lipinski definition) is 1. The molecule has 102 valence electrons. The maximum atomic E-state index is 11.9. The number of hydrogen-bond acceptors (Lipinski definition) is 4. The first-order valence-corrected chi connectivity index (χ1v) is 6.39. The Hall–Kier alpha value is -1.88. The van der Waals surface area contributed by atoms with Crippen LogP contribution in [0, 0.1) is 0 Å². The molecule has 1 aliphatic rings. The molecule has 1 aliphatic heterocycles. The Bertz CT molecular complexity index is 468. The molecule has 0 atom stereocenters. The molecular weight excluding hydrogens is 244 g/mol. The number of methoxy groups -OCH3 is 1. The van der Waals surface area contributed by atoms with Crippen LogP contribution in [0.2, 0.25) is 0 Å². The Labute approximate surface area is 112 Å². The number of rotatable bonds is 4. The van der Waals surface area contributed by atoms with Crippen molar-refractivity contribution in [1.29, 1.82) is 0 Å². The Morgan fingerprint density at radius 3 is 2.74 bits per heavy atom. The van der Waals surface area contributed by atoms with Crippen molar-refractivity contribution in [3.8, 4) is 0 Å². The second-order valence-electron chi connectivity index (χ2n) is 4.60. The normalized spacial score (nSPS) is 15.2. The number of carbonyl (C=O) groups is 2. The summed E-state index contributed by atoms with van der Waals surface area (Å²) in [6, 6.07) is 6.75. The average molecular weight is 262 g/mol. The Balaban J connectivity index is 1.94. The van der Waals surface area contributed by atoms with E-state index >= 15 is 0 Å². The van der Waals surface area contributed by atoms with Gasteiger partial charge in [0.05, 0.1) is 19.2 Å². The van der Waals surface area contributed by atoms with Crippen molar-refractivity contribution >= 4 is 17.6 Å². The molecule has 1 N–H and O–H groups in total. The summed E-state index contributed by atoms with van der Waals surface area (Å²) in [7, 11) is 1.33. The third-order valence-corrected chi connectivity index (χ3v) is 3.13. The molecule has 1 saturated heterocycles. The molecule has 0 aliphatic carbocycles. The van der Waals surface area contributed by atoms with Crippen molar-refractivity contribution in [3.63, 3.8) is 0 Å². The summed E-state index contributed by atoms with van der Waals surface area (Å²) < 4.78 is 4.64. The van der Waals surface area contributed by atoms with E-state index in [9.17, 15) is 9.59 Å². The van der Waals surface area contributed by atoms with Crippen LogP contribution in [0.4, 0.5) is 5.69 Å². The zero-order chi connectivity index (χ0) is 13.7. The fourth-order valence-electron chi connectivity index (χ4n) is 2.19. The molecule has 5 nitrogen and oxygen atoms in total. The maximum Gasteiger partial charge on any atom is 0.337 e. The predicted octanol–water partition coefficient (Wildman–Crippen LogP) is 1.51. The largest absolute Gasteiger partial charge is 0.465 e. The predicted molar refractivity (Wildman–Crippen MR) is 72.1 cm³/mol. The molecule has 1 aromatic carbocycles. The summed E-state index contributed by atoms with van der Waals surface area (Å²) >= 11 is 0. The molecule has 0 saturated carbocycles. The molecule has 0 spiro atoms. The molecule has 1 fully saturated rings. The van der Waals surface area contributed by atoms with Crippen molar-refractivity contribution in [3.05, 3.63) is 29.8 Å². The number of amides is 1. The zero-order valence-corrected chi connectivity index (χ0v) is 11.0. The standard InChI is InChI=1S/C14H18N2O3/c1-19-14(18)11-5-4-6-12(9-11)15-13(17)10-16-7-2-3-8-16/h4-6,9H,2-3,7-8,10H2,1H3,(H,15,17). The van der Waals surface area contributed by atoms with Crippen molar-refractivity contribution < 1.29 is 14.3 Å². The van der Waals surface area contributed by atoms with Crippen molar-refractivity contribution in [2.24, 2.45) is 0 Å². The van der Waals surface area contributed by atoms with Crippen LogP contribution in [-0.2, 0) is 9.53 Å². The number of nitrogens with one attached hydrogen (secondary N) is 1. The van der Waals surface area contributed by atoms with Gasteiger partial charge >= 0.3 is 5.97 Å². The van der Waals surface area contributed by atoms with Crippen LogP contribution >= 0.6 is 0 Å². The second kappa shape index (κ2) is 6.33. The average Bonchev–Trinajstić information content (AvgIpc) is 2.90. The Kier molecular flexibility index (Phi) is 4.52. The van der Waals surface area contributed by atoms with Gasteiger partial charge in [-0.1, -0.05) is 6.07 Å². The summed E-state index contributed by atoms with van der Waals surface area (Å²) in [5, 5.41) is 2.80. The van der Waals surface area contributed by atoms with Crippen LogP contribution < -0.4 is 5.32 Å². The summed E-state index contributed by atoms with van der Waals surface area (Å²) in [5.41, 5.74) is 1.05. The van der Waals surface area contributed by atoms with Gasteiger partial charge in [-0.25, -0.2) is 4.79 Å². The molecular formula is C14H18N2O3. The quantitative estimate of drug-likeness (QED) is 0.836. The highest BCUT2D eigenvalue weighted by Crippen LogP contribution is 2.12. The fourth-order valence-corrected chi connectivity index (χ4v) is 2.19. The lowest BCUT2D eigenvalue weighted by Crippen LogP contribution is -2.30. The highest BCUT2D eigenvalue weighted by Gasteiger charge is 2.15. The zero-order valence-electron chi connectivity index (χ0n) is 11.0. The van der Waals surface area contributed by atoms with E-state index in [0.29, 0.717) is 17.8 Å². The third-order valence-electron chi connectivity index (χ3n) is 3.13. The monoisotopic (exact) mass is 262 g/mol. The number of likely N-dealkylation sites (tertiary alicyclic amines) is 1. The van der Waals surface area contributed by atoms with E-state index in [4.69, 9.17) is 0 Å². The first kappa shape index (κ1) is 13.5. The molecule has 5 heteroatoms. The minimum Gasteiger partial charge on any atom is -0.465 e. The molecule has 1 aromatic rings. The van der Waals surface area contributed by atoms with Crippen LogP contribution in [0.25, 0.3) is 0 Å². The topological polar surface area (TPSA) is 58.6 Å². The van der Waals surface area contributed by atoms with Gasteiger partial charge in [0.1, 0.15) is 0 Å². The van der Waals surface area contributed by atoms with Gasteiger partial charge in [-0.15, -0.1) is 0 Å². The lowest BCUT2D eigenvalue weighted by atomic mass is 10.2. The SMILES string of the molecule is COC(=O)c1cccc(NC(=O)CN2CCCC2)c1. The lowest BCUT2D eigenvalue weighted by molar-refractivity contribution is -0.117. The van der Waals surface area contributed by atoms with Gasteiger partial charge in [0.15, 0.2) is 0 Å². The fraction of sp³-hybridized carbons (Fsp3) is 0.429. The number of benzene rings is 1. The molecule has 1 amide bonds. The summed E-state index contributed by atoms with van der Waals surface area (Å²) in [6.07, 6.45) is 2.32. The van der Waals surface area contributed by atoms with Gasteiger partial charge in [0.2, 0.25) is 5.91 Å². The number of anilines is 1. The van der Waals surface area contributed by atoms with E-state index < -0.39 is 5.97 Å². The summed E-state index contributed by atoms with van der Waals surface area (Å²) in [4.78, 5) is 25.4. The molecule has 0 radical (unpaired) electrons. The maximum absolute atomic E-state index is 11.9. The van der Waals surface area contributed by atoms with Crippen molar-refractivity contribution in [2.45, 2.75) is 12.8 Å². The van der Waals surface area contributed by atoms with Gasteiger partial charge in [-0.05, 0) is 44.1 Å². The van der Waals surface area contributed by atoms with Crippen LogP contribution in [0.3, 0.4) is 0 Å². The van der Waals surface area contributed by atoms with Gasteiger partial charge in [0, 0.05) is 5.69 Å². The summed E-state index contributed by atoms with van der Waals surface area (Å²) in [5.74, 6) is -0.459. The van der Waals surface area contributed by atoms with Gasteiger partial charge in [-0.3, -0.25) is 9.69 Å². The van der Waals surface area contributed by atoms with Gasteiger partial charge < -0.3 is 10.1 Å². The first-order chi connectivity index (χ1) is 9.19. The lowest BCUT2D eigenvalue weighted by Gasteiger charge is -2.14. The second-order valence-corrected chi connectivity index (χ2v) is 4.60. The van der Waals surface area contributed by atoms with E-state index in [0.717, 1.165) is 25.9 Å². The number of carbonyl (C=O) groups excluding carboxylic acids is 2. The number of ether oxygens (including phenoxy) is 1.